The molecule has 4 nitrogen and oxygen atoms in total. The summed E-state index contributed by atoms with van der Waals surface area (Å²) in [6.45, 7) is 20.8. The van der Waals surface area contributed by atoms with Crippen molar-refractivity contribution in [1.82, 2.24) is 15.0 Å². The van der Waals surface area contributed by atoms with Gasteiger partial charge in [0.1, 0.15) is 5.58 Å². The Morgan fingerprint density at radius 3 is 2.26 bits per heavy atom. The Morgan fingerprint density at radius 1 is 0.848 bits per heavy atom. The molecule has 0 saturated heterocycles. The van der Waals surface area contributed by atoms with Crippen molar-refractivity contribution in [2.24, 2.45) is 11.3 Å². The molecule has 4 heterocycles. The van der Waals surface area contributed by atoms with Gasteiger partial charge in [-0.15, -0.1) is 35.9 Å². The number of hydrogen-bond acceptors (Lipinski definition) is 4. The second-order valence-corrected chi connectivity index (χ2v) is 19.6. The van der Waals surface area contributed by atoms with E-state index in [0.29, 0.717) is 11.8 Å². The van der Waals surface area contributed by atoms with Crippen LogP contribution in [0.2, 0.25) is 19.6 Å². The first kappa shape index (κ1) is 35.4. The van der Waals surface area contributed by atoms with Crippen LogP contribution in [-0.4, -0.2) is 23.0 Å². The summed E-state index contributed by atoms with van der Waals surface area (Å²) in [5.41, 5.74) is 8.48. The maximum Gasteiger partial charge on any atom is 0.121 e. The van der Waals surface area contributed by atoms with Crippen molar-refractivity contribution in [2.45, 2.75) is 73.5 Å². The van der Waals surface area contributed by atoms with E-state index in [4.69, 9.17) is 9.40 Å². The number of para-hydroxylation sites is 1. The number of hydrogen-bond donors (Lipinski definition) is 0. The van der Waals surface area contributed by atoms with Gasteiger partial charge >= 0.3 is 0 Å². The standard InChI is InChI=1S/C21H19N2O.C19H26NSi.Ir/c1-13(2)14(3)15-8-9-23-19(10-15)18-12-22-11-17-16-6-4-5-7-20(16)24-21(17)18;1-19(2,3)13-16-12-17(15-10-8-7-9-11-15)20-14-18(16)21(4,5)6;/h4-11,13-14H,1-3H3;7-10,12,14H,13H2,1-6H3;/q2*-1;. The van der Waals surface area contributed by atoms with Crippen LogP contribution in [0.4, 0.5) is 0 Å². The van der Waals surface area contributed by atoms with Crippen LogP contribution in [0.25, 0.3) is 44.5 Å². The molecule has 4 aromatic heterocycles. The van der Waals surface area contributed by atoms with Crippen LogP contribution in [0, 0.1) is 23.6 Å². The van der Waals surface area contributed by atoms with E-state index < -0.39 is 8.07 Å². The molecule has 0 saturated carbocycles. The van der Waals surface area contributed by atoms with Crippen LogP contribution in [0.15, 0.2) is 89.7 Å². The molecule has 0 aliphatic heterocycles. The Morgan fingerprint density at radius 2 is 1.59 bits per heavy atom. The summed E-state index contributed by atoms with van der Waals surface area (Å²) in [7, 11) is -1.37. The van der Waals surface area contributed by atoms with E-state index in [9.17, 15) is 0 Å². The molecule has 0 bridgehead atoms. The number of benzene rings is 2. The largest absolute Gasteiger partial charge is 0.500 e. The van der Waals surface area contributed by atoms with E-state index >= 15 is 0 Å². The molecule has 6 heteroatoms. The molecule has 1 atom stereocenters. The molecule has 1 unspecified atom stereocenters. The maximum absolute atomic E-state index is 6.07. The van der Waals surface area contributed by atoms with Gasteiger partial charge in [-0.1, -0.05) is 108 Å². The summed E-state index contributed by atoms with van der Waals surface area (Å²) >= 11 is 0. The number of fused-ring (bicyclic) bond motifs is 3. The van der Waals surface area contributed by atoms with Crippen molar-refractivity contribution in [3.63, 3.8) is 0 Å². The average Bonchev–Trinajstić information content (AvgIpc) is 3.39. The molecule has 0 fully saturated rings. The van der Waals surface area contributed by atoms with Gasteiger partial charge in [0.15, 0.2) is 0 Å². The number of rotatable bonds is 6. The molecule has 0 N–H and O–H groups in total. The Labute approximate surface area is 289 Å². The minimum Gasteiger partial charge on any atom is -0.500 e. The van der Waals surface area contributed by atoms with Crippen LogP contribution in [-0.2, 0) is 26.5 Å². The summed E-state index contributed by atoms with van der Waals surface area (Å²) in [5.74, 6) is 1.04. The first-order valence-corrected chi connectivity index (χ1v) is 19.4. The molecule has 0 amide bonds. The average molecular weight is 804 g/mol. The van der Waals surface area contributed by atoms with E-state index in [2.05, 4.69) is 120 Å². The molecule has 46 heavy (non-hydrogen) atoms. The Hall–Kier alpha value is -3.44. The number of furan rings is 1. The van der Waals surface area contributed by atoms with Crippen molar-refractivity contribution in [2.75, 3.05) is 0 Å². The molecule has 6 aromatic rings. The molecule has 6 rings (SSSR count). The quantitative estimate of drug-likeness (QED) is 0.124. The monoisotopic (exact) mass is 804 g/mol. The predicted octanol–water partition coefficient (Wildman–Crippen LogP) is 10.3. The zero-order chi connectivity index (χ0) is 32.4. The van der Waals surface area contributed by atoms with Crippen molar-refractivity contribution in [1.29, 1.82) is 0 Å². The van der Waals surface area contributed by atoms with Crippen LogP contribution < -0.4 is 5.19 Å². The molecule has 2 aromatic carbocycles. The van der Waals surface area contributed by atoms with E-state index in [-0.39, 0.29) is 25.5 Å². The number of pyridine rings is 3. The van der Waals surface area contributed by atoms with Gasteiger partial charge in [-0.2, -0.15) is 0 Å². The fraction of sp³-hybridized carbons (Fsp3) is 0.325. The molecular formula is C40H45IrN3OSi-2. The Bertz CT molecular complexity index is 1900. The Kier molecular flexibility index (Phi) is 11.2. The van der Waals surface area contributed by atoms with Gasteiger partial charge in [-0.05, 0) is 70.2 Å². The van der Waals surface area contributed by atoms with E-state index in [1.54, 1.807) is 0 Å². The van der Waals surface area contributed by atoms with Gasteiger partial charge < -0.3 is 19.4 Å². The van der Waals surface area contributed by atoms with Crippen molar-refractivity contribution in [3.8, 4) is 22.5 Å². The second kappa shape index (κ2) is 14.5. The third-order valence-electron chi connectivity index (χ3n) is 8.30. The van der Waals surface area contributed by atoms with Gasteiger partial charge in [-0.25, -0.2) is 0 Å². The fourth-order valence-electron chi connectivity index (χ4n) is 5.61. The molecular weight excluding hydrogens is 759 g/mol. The van der Waals surface area contributed by atoms with Crippen molar-refractivity contribution < 1.29 is 24.5 Å². The van der Waals surface area contributed by atoms with Crippen LogP contribution in [0.3, 0.4) is 0 Å². The first-order chi connectivity index (χ1) is 21.3. The van der Waals surface area contributed by atoms with Crippen LogP contribution >= 0.6 is 0 Å². The van der Waals surface area contributed by atoms with Crippen LogP contribution in [0.5, 0.6) is 0 Å². The molecule has 1 radical (unpaired) electrons. The van der Waals surface area contributed by atoms with E-state index in [1.807, 2.05) is 48.8 Å². The minimum atomic E-state index is -1.37. The van der Waals surface area contributed by atoms with Crippen molar-refractivity contribution >= 4 is 35.2 Å². The molecule has 0 spiro atoms. The zero-order valence-corrected chi connectivity index (χ0v) is 31.9. The van der Waals surface area contributed by atoms with Crippen LogP contribution in [0.1, 0.15) is 58.6 Å². The normalized spacial score (nSPS) is 12.5. The van der Waals surface area contributed by atoms with E-state index in [1.165, 1.54) is 16.3 Å². The second-order valence-electron chi connectivity index (χ2n) is 14.6. The molecule has 0 aliphatic rings. The third-order valence-corrected chi connectivity index (χ3v) is 10.4. The smallest absolute Gasteiger partial charge is 0.121 e. The SMILES string of the molecule is CC(C)(C)Cc1cc(-c2[c-]cccc2)ncc1[Si](C)(C)C.CC(C)C(C)c1ccnc(-c2[c-]ncc3c2oc2ccccc23)c1.[Ir]. The zero-order valence-electron chi connectivity index (χ0n) is 28.5. The third kappa shape index (κ3) is 8.28. The summed E-state index contributed by atoms with van der Waals surface area (Å²) in [6.07, 6.45) is 9.96. The predicted molar refractivity (Wildman–Crippen MR) is 191 cm³/mol. The Balaban J connectivity index is 0.000000207. The summed E-state index contributed by atoms with van der Waals surface area (Å²) in [5, 5.41) is 3.56. The van der Waals surface area contributed by atoms with E-state index in [0.717, 1.165) is 50.9 Å². The molecule has 241 valence electrons. The van der Waals surface area contributed by atoms with Gasteiger partial charge in [0.05, 0.1) is 13.7 Å². The maximum atomic E-state index is 6.07. The topological polar surface area (TPSA) is 51.8 Å². The first-order valence-electron chi connectivity index (χ1n) is 15.9. The summed E-state index contributed by atoms with van der Waals surface area (Å²) in [6, 6.07) is 25.9. The number of aromatic nitrogens is 3. The van der Waals surface area contributed by atoms with Gasteiger partial charge in [0.2, 0.25) is 0 Å². The van der Waals surface area contributed by atoms with Crippen molar-refractivity contribution in [3.05, 3.63) is 109 Å². The minimum absolute atomic E-state index is 0. The molecule has 0 aliphatic carbocycles. The summed E-state index contributed by atoms with van der Waals surface area (Å²) < 4.78 is 6.07. The van der Waals surface area contributed by atoms with Gasteiger partial charge in [-0.3, -0.25) is 0 Å². The van der Waals surface area contributed by atoms with Gasteiger partial charge in [0, 0.05) is 37.9 Å². The van der Waals surface area contributed by atoms with Gasteiger partial charge in [0.25, 0.3) is 0 Å². The number of nitrogens with zero attached hydrogens (tertiary/aromatic N) is 3. The fourth-order valence-corrected chi connectivity index (χ4v) is 7.18. The summed E-state index contributed by atoms with van der Waals surface area (Å²) in [4.78, 5) is 13.5.